The molecule has 2 rings (SSSR count). The van der Waals surface area contributed by atoms with E-state index in [0.29, 0.717) is 5.75 Å². The van der Waals surface area contributed by atoms with Crippen molar-refractivity contribution in [2.75, 3.05) is 6.54 Å². The molecule has 1 atom stereocenters. The van der Waals surface area contributed by atoms with Crippen molar-refractivity contribution in [3.05, 3.63) is 30.3 Å². The van der Waals surface area contributed by atoms with Crippen LogP contribution in [0.3, 0.4) is 0 Å². The maximum absolute atomic E-state index is 12.3. The average Bonchev–Trinajstić information content (AvgIpc) is 2.38. The van der Waals surface area contributed by atoms with Crippen LogP contribution < -0.4 is 4.84 Å². The van der Waals surface area contributed by atoms with Gasteiger partial charge in [-0.3, -0.25) is 4.79 Å². The first-order valence-corrected chi connectivity index (χ1v) is 7.09. The molecule has 1 saturated heterocycles. The van der Waals surface area contributed by atoms with Crippen LogP contribution in [0, 0.1) is 6.07 Å². The predicted molar refractivity (Wildman–Crippen MR) is 76.1 cm³/mol. The molecule has 1 fully saturated rings. The minimum atomic E-state index is -0.472. The zero-order valence-corrected chi connectivity index (χ0v) is 12.4. The molecule has 1 aromatic rings. The van der Waals surface area contributed by atoms with Crippen molar-refractivity contribution < 1.29 is 14.4 Å². The molecule has 0 saturated carbocycles. The number of rotatable bonds is 3. The molecule has 0 amide bonds. The van der Waals surface area contributed by atoms with E-state index in [9.17, 15) is 4.79 Å². The standard InChI is InChI=1S/C16H22NO3/c1-16(2,3)19-15(18)14-11-7-8-12-17(14)20-13-9-5-4-6-10-13/h4-5,9-10,14H,7-8,11-12H2,1-3H3. The highest BCUT2D eigenvalue weighted by Gasteiger charge is 2.34. The van der Waals surface area contributed by atoms with Gasteiger partial charge in [0.15, 0.2) is 0 Å². The summed E-state index contributed by atoms with van der Waals surface area (Å²) >= 11 is 0. The Morgan fingerprint density at radius 1 is 1.40 bits per heavy atom. The number of ether oxygens (including phenoxy) is 1. The van der Waals surface area contributed by atoms with Gasteiger partial charge in [0.05, 0.1) is 0 Å². The predicted octanol–water partition coefficient (Wildman–Crippen LogP) is 2.98. The summed E-state index contributed by atoms with van der Waals surface area (Å²) in [6, 6.07) is 9.93. The number of piperidine rings is 1. The van der Waals surface area contributed by atoms with Crippen molar-refractivity contribution in [2.45, 2.75) is 51.7 Å². The van der Waals surface area contributed by atoms with Crippen molar-refractivity contribution in [2.24, 2.45) is 0 Å². The van der Waals surface area contributed by atoms with E-state index in [2.05, 4.69) is 6.07 Å². The van der Waals surface area contributed by atoms with Crippen molar-refractivity contribution in [3.63, 3.8) is 0 Å². The van der Waals surface area contributed by atoms with E-state index in [1.54, 1.807) is 11.1 Å². The summed E-state index contributed by atoms with van der Waals surface area (Å²) in [6.07, 6.45) is 2.81. The molecule has 4 heteroatoms. The van der Waals surface area contributed by atoms with Crippen LogP contribution in [0.1, 0.15) is 40.0 Å². The van der Waals surface area contributed by atoms with Gasteiger partial charge in [0, 0.05) is 6.54 Å². The molecule has 109 valence electrons. The summed E-state index contributed by atoms with van der Waals surface area (Å²) < 4.78 is 5.48. The lowest BCUT2D eigenvalue weighted by molar-refractivity contribution is -0.181. The van der Waals surface area contributed by atoms with Crippen LogP contribution >= 0.6 is 0 Å². The van der Waals surface area contributed by atoms with Gasteiger partial charge in [-0.1, -0.05) is 12.1 Å². The average molecular weight is 276 g/mol. The molecule has 0 bridgehead atoms. The van der Waals surface area contributed by atoms with Gasteiger partial charge in [0.25, 0.3) is 0 Å². The highest BCUT2D eigenvalue weighted by Crippen LogP contribution is 2.22. The molecule has 0 aromatic heterocycles. The van der Waals surface area contributed by atoms with Crippen LogP contribution in [0.25, 0.3) is 0 Å². The van der Waals surface area contributed by atoms with Gasteiger partial charge in [0.2, 0.25) is 0 Å². The summed E-state index contributed by atoms with van der Waals surface area (Å²) in [5, 5.41) is 1.74. The fourth-order valence-electron chi connectivity index (χ4n) is 2.19. The van der Waals surface area contributed by atoms with Gasteiger partial charge >= 0.3 is 5.97 Å². The quantitative estimate of drug-likeness (QED) is 0.796. The third-order valence-electron chi connectivity index (χ3n) is 3.03. The van der Waals surface area contributed by atoms with Crippen LogP contribution in [0.15, 0.2) is 24.3 Å². The number of carbonyl (C=O) groups is 1. The second-order valence-electron chi connectivity index (χ2n) is 6.02. The number of benzene rings is 1. The number of hydroxylamine groups is 2. The van der Waals surface area contributed by atoms with Gasteiger partial charge in [-0.05, 0) is 58.2 Å². The Balaban J connectivity index is 2.03. The van der Waals surface area contributed by atoms with E-state index in [4.69, 9.17) is 9.57 Å². The molecule has 0 spiro atoms. The third kappa shape index (κ3) is 4.23. The number of hydrogen-bond donors (Lipinski definition) is 0. The molecule has 4 nitrogen and oxygen atoms in total. The first kappa shape index (κ1) is 14.9. The molecule has 0 N–H and O–H groups in total. The van der Waals surface area contributed by atoms with E-state index >= 15 is 0 Å². The van der Waals surface area contributed by atoms with Crippen LogP contribution in [-0.2, 0) is 9.53 Å². The Kier molecular flexibility index (Phi) is 4.65. The largest absolute Gasteiger partial charge is 0.459 e. The topological polar surface area (TPSA) is 38.8 Å². The van der Waals surface area contributed by atoms with E-state index in [1.165, 1.54) is 0 Å². The number of nitrogens with zero attached hydrogens (tertiary/aromatic N) is 1. The van der Waals surface area contributed by atoms with Gasteiger partial charge in [-0.15, -0.1) is 5.06 Å². The van der Waals surface area contributed by atoms with E-state index in [-0.39, 0.29) is 12.0 Å². The highest BCUT2D eigenvalue weighted by atomic mass is 16.7. The zero-order valence-electron chi connectivity index (χ0n) is 12.4. The van der Waals surface area contributed by atoms with Gasteiger partial charge in [-0.2, -0.15) is 0 Å². The van der Waals surface area contributed by atoms with E-state index < -0.39 is 5.60 Å². The first-order chi connectivity index (χ1) is 9.46. The summed E-state index contributed by atoms with van der Waals surface area (Å²) in [5.41, 5.74) is -0.472. The Morgan fingerprint density at radius 2 is 2.20 bits per heavy atom. The molecule has 20 heavy (non-hydrogen) atoms. The fraction of sp³-hybridized carbons (Fsp3) is 0.562. The number of carbonyl (C=O) groups excluding carboxylic acids is 1. The number of esters is 1. The summed E-state index contributed by atoms with van der Waals surface area (Å²) in [6.45, 7) is 6.38. The smallest absolute Gasteiger partial charge is 0.327 e. The second-order valence-corrected chi connectivity index (χ2v) is 6.02. The van der Waals surface area contributed by atoms with Crippen LogP contribution in [0.2, 0.25) is 0 Å². The molecule has 1 unspecified atom stereocenters. The van der Waals surface area contributed by atoms with Crippen molar-refractivity contribution >= 4 is 5.97 Å². The van der Waals surface area contributed by atoms with Crippen LogP contribution in [0.5, 0.6) is 5.75 Å². The van der Waals surface area contributed by atoms with Crippen LogP contribution in [-0.4, -0.2) is 29.2 Å². The number of hydrogen-bond acceptors (Lipinski definition) is 4. The SMILES string of the molecule is CC(C)(C)OC(=O)C1CCCCN1Oc1c[c]ccc1. The Morgan fingerprint density at radius 3 is 2.85 bits per heavy atom. The maximum Gasteiger partial charge on any atom is 0.327 e. The molecular weight excluding hydrogens is 254 g/mol. The van der Waals surface area contributed by atoms with Crippen molar-refractivity contribution in [1.82, 2.24) is 5.06 Å². The van der Waals surface area contributed by atoms with E-state index in [1.807, 2.05) is 39.0 Å². The zero-order chi connectivity index (χ0) is 14.6. The Labute approximate surface area is 120 Å². The molecule has 0 aliphatic carbocycles. The first-order valence-electron chi connectivity index (χ1n) is 7.09. The minimum absolute atomic E-state index is 0.211. The fourth-order valence-corrected chi connectivity index (χ4v) is 2.19. The normalized spacial score (nSPS) is 20.4. The lowest BCUT2D eigenvalue weighted by Gasteiger charge is -2.34. The molecule has 1 aromatic carbocycles. The van der Waals surface area contributed by atoms with Crippen molar-refractivity contribution in [3.8, 4) is 5.75 Å². The highest BCUT2D eigenvalue weighted by molar-refractivity contribution is 5.76. The Hall–Kier alpha value is -1.55. The van der Waals surface area contributed by atoms with Gasteiger partial charge in [-0.25, -0.2) is 0 Å². The molecule has 1 heterocycles. The molecule has 1 aliphatic heterocycles. The molecule has 1 radical (unpaired) electrons. The van der Waals surface area contributed by atoms with Gasteiger partial charge < -0.3 is 9.57 Å². The summed E-state index contributed by atoms with van der Waals surface area (Å²) in [4.78, 5) is 18.1. The van der Waals surface area contributed by atoms with Crippen molar-refractivity contribution in [1.29, 1.82) is 0 Å². The lowest BCUT2D eigenvalue weighted by Crippen LogP contribution is -2.48. The summed E-state index contributed by atoms with van der Waals surface area (Å²) in [7, 11) is 0. The minimum Gasteiger partial charge on any atom is -0.459 e. The monoisotopic (exact) mass is 276 g/mol. The van der Waals surface area contributed by atoms with Crippen LogP contribution in [0.4, 0.5) is 0 Å². The maximum atomic E-state index is 12.3. The lowest BCUT2D eigenvalue weighted by atomic mass is 10.0. The molecular formula is C16H22NO3. The summed E-state index contributed by atoms with van der Waals surface area (Å²) in [5.74, 6) is 0.486. The van der Waals surface area contributed by atoms with E-state index in [0.717, 1.165) is 25.8 Å². The molecule has 1 aliphatic rings. The Bertz CT molecular complexity index is 439. The van der Waals surface area contributed by atoms with Gasteiger partial charge in [0.1, 0.15) is 17.4 Å². The third-order valence-corrected chi connectivity index (χ3v) is 3.03. The second kappa shape index (κ2) is 6.27.